The first-order chi connectivity index (χ1) is 10.1. The highest BCUT2D eigenvalue weighted by molar-refractivity contribution is 5.62. The highest BCUT2D eigenvalue weighted by atomic mass is 16.6. The van der Waals surface area contributed by atoms with E-state index in [-0.39, 0.29) is 5.69 Å². The fourth-order valence-corrected chi connectivity index (χ4v) is 1.82. The summed E-state index contributed by atoms with van der Waals surface area (Å²) in [7, 11) is 1.63. The second-order valence-electron chi connectivity index (χ2n) is 4.28. The molecule has 6 nitrogen and oxygen atoms in total. The van der Waals surface area contributed by atoms with Crippen LogP contribution in [0.15, 0.2) is 42.5 Å². The van der Waals surface area contributed by atoms with Gasteiger partial charge in [0.05, 0.1) is 16.6 Å². The zero-order valence-electron chi connectivity index (χ0n) is 11.4. The Morgan fingerprint density at radius 1 is 1.29 bits per heavy atom. The minimum absolute atomic E-state index is 0.0274. The van der Waals surface area contributed by atoms with Gasteiger partial charge in [0.1, 0.15) is 18.0 Å². The molecule has 0 saturated carbocycles. The van der Waals surface area contributed by atoms with E-state index < -0.39 is 4.92 Å². The lowest BCUT2D eigenvalue weighted by Gasteiger charge is -2.08. The van der Waals surface area contributed by atoms with Crippen molar-refractivity contribution in [1.82, 2.24) is 0 Å². The minimum Gasteiger partial charge on any atom is -0.489 e. The summed E-state index contributed by atoms with van der Waals surface area (Å²) < 4.78 is 5.58. The molecule has 0 bridgehead atoms. The largest absolute Gasteiger partial charge is 0.489 e. The summed E-state index contributed by atoms with van der Waals surface area (Å²) in [6.07, 6.45) is 0. The molecule has 0 heterocycles. The molecule has 0 unspecified atom stereocenters. The fourth-order valence-electron chi connectivity index (χ4n) is 1.82. The van der Waals surface area contributed by atoms with Crippen molar-refractivity contribution in [3.8, 4) is 11.8 Å². The number of nitrogens with one attached hydrogen (secondary N) is 1. The van der Waals surface area contributed by atoms with Gasteiger partial charge in [0.25, 0.3) is 5.69 Å². The first-order valence-corrected chi connectivity index (χ1v) is 6.22. The maximum atomic E-state index is 10.8. The molecule has 106 valence electrons. The monoisotopic (exact) mass is 283 g/mol. The lowest BCUT2D eigenvalue weighted by molar-refractivity contribution is -0.384. The summed E-state index contributed by atoms with van der Waals surface area (Å²) in [6.45, 7) is 0.290. The number of nitro benzene ring substituents is 1. The molecule has 0 aliphatic heterocycles. The van der Waals surface area contributed by atoms with Crippen LogP contribution < -0.4 is 10.1 Å². The highest BCUT2D eigenvalue weighted by Gasteiger charge is 2.12. The third-order valence-corrected chi connectivity index (χ3v) is 2.92. The van der Waals surface area contributed by atoms with Gasteiger partial charge in [-0.1, -0.05) is 0 Å². The topological polar surface area (TPSA) is 88.2 Å². The highest BCUT2D eigenvalue weighted by Crippen LogP contribution is 2.25. The van der Waals surface area contributed by atoms with E-state index in [4.69, 9.17) is 10.00 Å². The average Bonchev–Trinajstić information content (AvgIpc) is 2.52. The van der Waals surface area contributed by atoms with Crippen molar-refractivity contribution in [2.45, 2.75) is 6.61 Å². The molecule has 0 spiro atoms. The van der Waals surface area contributed by atoms with Crippen molar-refractivity contribution in [2.75, 3.05) is 12.4 Å². The molecular weight excluding hydrogens is 270 g/mol. The van der Waals surface area contributed by atoms with Gasteiger partial charge in [-0.3, -0.25) is 10.1 Å². The summed E-state index contributed by atoms with van der Waals surface area (Å²) in [5.74, 6) is 0.637. The van der Waals surface area contributed by atoms with Crippen molar-refractivity contribution < 1.29 is 9.66 Å². The zero-order valence-corrected chi connectivity index (χ0v) is 11.4. The molecule has 0 aromatic heterocycles. The first kappa shape index (κ1) is 14.3. The molecular formula is C15H13N3O3. The van der Waals surface area contributed by atoms with Crippen molar-refractivity contribution in [3.05, 3.63) is 63.7 Å². The van der Waals surface area contributed by atoms with Gasteiger partial charge >= 0.3 is 0 Å². The Bertz CT molecular complexity index is 690. The summed E-state index contributed by atoms with van der Waals surface area (Å²) in [6, 6.07) is 13.6. The summed E-state index contributed by atoms with van der Waals surface area (Å²) in [4.78, 5) is 10.4. The van der Waals surface area contributed by atoms with E-state index in [1.165, 1.54) is 6.07 Å². The molecule has 1 N–H and O–H groups in total. The first-order valence-electron chi connectivity index (χ1n) is 6.22. The van der Waals surface area contributed by atoms with E-state index in [0.29, 0.717) is 23.6 Å². The predicted octanol–water partition coefficient (Wildman–Crippen LogP) is 3.09. The van der Waals surface area contributed by atoms with Gasteiger partial charge in [-0.15, -0.1) is 0 Å². The number of nitriles is 1. The number of nitrogens with zero attached hydrogens (tertiary/aromatic N) is 2. The van der Waals surface area contributed by atoms with Crippen LogP contribution in [-0.4, -0.2) is 12.0 Å². The smallest absolute Gasteiger partial charge is 0.292 e. The third-order valence-electron chi connectivity index (χ3n) is 2.92. The summed E-state index contributed by atoms with van der Waals surface area (Å²) in [5, 5.41) is 22.3. The van der Waals surface area contributed by atoms with Crippen LogP contribution in [0.5, 0.6) is 5.75 Å². The Kier molecular flexibility index (Phi) is 4.36. The van der Waals surface area contributed by atoms with Crippen molar-refractivity contribution >= 4 is 11.4 Å². The number of hydrogen-bond acceptors (Lipinski definition) is 5. The van der Waals surface area contributed by atoms with Gasteiger partial charge in [0, 0.05) is 13.1 Å². The minimum atomic E-state index is -0.433. The second kappa shape index (κ2) is 6.39. The molecule has 6 heteroatoms. The molecule has 2 rings (SSSR count). The van der Waals surface area contributed by atoms with Crippen LogP contribution in [-0.2, 0) is 6.61 Å². The maximum Gasteiger partial charge on any atom is 0.292 e. The van der Waals surface area contributed by atoms with Crippen molar-refractivity contribution in [1.29, 1.82) is 5.26 Å². The van der Waals surface area contributed by atoms with Crippen LogP contribution in [0.3, 0.4) is 0 Å². The second-order valence-corrected chi connectivity index (χ2v) is 4.28. The average molecular weight is 283 g/mol. The van der Waals surface area contributed by atoms with Gasteiger partial charge in [-0.05, 0) is 42.0 Å². The van der Waals surface area contributed by atoms with E-state index in [2.05, 4.69) is 5.32 Å². The Hall–Kier alpha value is -3.07. The summed E-state index contributed by atoms with van der Waals surface area (Å²) >= 11 is 0. The molecule has 0 aliphatic carbocycles. The molecule has 0 saturated heterocycles. The van der Waals surface area contributed by atoms with Crippen LogP contribution in [0.1, 0.15) is 11.1 Å². The number of ether oxygens (including phenoxy) is 1. The third kappa shape index (κ3) is 3.48. The Morgan fingerprint density at radius 2 is 2.00 bits per heavy atom. The molecule has 21 heavy (non-hydrogen) atoms. The molecule has 0 fully saturated rings. The number of anilines is 1. The number of hydrogen-bond donors (Lipinski definition) is 1. The van der Waals surface area contributed by atoms with Gasteiger partial charge in [-0.25, -0.2) is 0 Å². The van der Waals surface area contributed by atoms with E-state index >= 15 is 0 Å². The molecule has 2 aromatic carbocycles. The molecule has 0 aliphatic rings. The van der Waals surface area contributed by atoms with Crippen LogP contribution in [0.25, 0.3) is 0 Å². The van der Waals surface area contributed by atoms with E-state index in [1.54, 1.807) is 43.4 Å². The lowest BCUT2D eigenvalue weighted by Crippen LogP contribution is -2.00. The van der Waals surface area contributed by atoms with Gasteiger partial charge in [0.15, 0.2) is 0 Å². The number of nitro groups is 1. The molecule has 0 atom stereocenters. The number of benzene rings is 2. The van der Waals surface area contributed by atoms with Crippen LogP contribution in [0, 0.1) is 21.4 Å². The van der Waals surface area contributed by atoms with Crippen molar-refractivity contribution in [3.63, 3.8) is 0 Å². The van der Waals surface area contributed by atoms with Crippen LogP contribution in [0.4, 0.5) is 11.4 Å². The van der Waals surface area contributed by atoms with E-state index in [1.807, 2.05) is 6.07 Å². The number of rotatable bonds is 5. The summed E-state index contributed by atoms with van der Waals surface area (Å²) in [5.41, 5.74) is 1.85. The predicted molar refractivity (Wildman–Crippen MR) is 78.1 cm³/mol. The Balaban J connectivity index is 2.09. The lowest BCUT2D eigenvalue weighted by atomic mass is 10.2. The van der Waals surface area contributed by atoms with Gasteiger partial charge in [-0.2, -0.15) is 5.26 Å². The maximum absolute atomic E-state index is 10.8. The Morgan fingerprint density at radius 3 is 2.57 bits per heavy atom. The zero-order chi connectivity index (χ0) is 15.2. The van der Waals surface area contributed by atoms with Crippen LogP contribution in [0.2, 0.25) is 0 Å². The fraction of sp³-hybridized carbons (Fsp3) is 0.133. The van der Waals surface area contributed by atoms with E-state index in [9.17, 15) is 10.1 Å². The van der Waals surface area contributed by atoms with Gasteiger partial charge < -0.3 is 10.1 Å². The quantitative estimate of drug-likeness (QED) is 0.673. The van der Waals surface area contributed by atoms with Crippen molar-refractivity contribution in [2.24, 2.45) is 0 Å². The SMILES string of the molecule is CNc1cc(COc2ccc(C#N)cc2)ccc1[N+](=O)[O-]. The molecule has 0 amide bonds. The molecule has 2 aromatic rings. The molecule has 0 radical (unpaired) electrons. The van der Waals surface area contributed by atoms with Crippen LogP contribution >= 0.6 is 0 Å². The normalized spacial score (nSPS) is 9.71. The standard InChI is InChI=1S/C15H13N3O3/c1-17-14-8-12(4-7-15(14)18(19)20)10-21-13-5-2-11(9-16)3-6-13/h2-8,17H,10H2,1H3. The Labute approximate surface area is 121 Å². The van der Waals surface area contributed by atoms with E-state index in [0.717, 1.165) is 5.56 Å². The van der Waals surface area contributed by atoms with Gasteiger partial charge in [0.2, 0.25) is 0 Å².